The lowest BCUT2D eigenvalue weighted by Crippen LogP contribution is -2.30. The summed E-state index contributed by atoms with van der Waals surface area (Å²) in [6, 6.07) is 6.95. The number of aryl methyl sites for hydroxylation is 2. The molecule has 3 nitrogen and oxygen atoms in total. The molecular formula is C21H17N2O+. The predicted molar refractivity (Wildman–Crippen MR) is 96.1 cm³/mol. The first kappa shape index (κ1) is 10.6. The molecule has 4 rings (SSSR count). The summed E-state index contributed by atoms with van der Waals surface area (Å²) in [6.07, 6.45) is -0.138. The van der Waals surface area contributed by atoms with Crippen LogP contribution in [-0.2, 0) is 7.05 Å². The van der Waals surface area contributed by atoms with Crippen molar-refractivity contribution in [1.29, 1.82) is 0 Å². The van der Waals surface area contributed by atoms with Crippen LogP contribution < -0.4 is 4.57 Å². The summed E-state index contributed by atoms with van der Waals surface area (Å²) < 4.78 is 40.1. The maximum absolute atomic E-state index is 8.43. The van der Waals surface area contributed by atoms with Crippen LogP contribution in [0.4, 0.5) is 5.69 Å². The highest BCUT2D eigenvalue weighted by Gasteiger charge is 2.21. The molecule has 2 heterocycles. The summed E-state index contributed by atoms with van der Waals surface area (Å²) in [5.74, 6) is 0. The fourth-order valence-corrected chi connectivity index (χ4v) is 3.09. The number of hydrogen-bond acceptors (Lipinski definition) is 1. The Hall–Kier alpha value is -3.12. The molecule has 24 heavy (non-hydrogen) atoms. The third kappa shape index (κ3) is 1.93. The normalized spacial score (nSPS) is 13.4. The van der Waals surface area contributed by atoms with Crippen LogP contribution in [0.2, 0.25) is 0 Å². The number of benzene rings is 2. The molecule has 3 heteroatoms. The van der Waals surface area contributed by atoms with E-state index in [9.17, 15) is 0 Å². The number of furan rings is 1. The maximum Gasteiger partial charge on any atom is 0.232 e. The summed E-state index contributed by atoms with van der Waals surface area (Å²) in [7, 11) is 1.61. The van der Waals surface area contributed by atoms with E-state index in [0.29, 0.717) is 28.1 Å². The average Bonchev–Trinajstić information content (AvgIpc) is 3.05. The Morgan fingerprint density at radius 3 is 2.50 bits per heavy atom. The zero-order valence-electron chi connectivity index (χ0n) is 17.6. The van der Waals surface area contributed by atoms with Crippen molar-refractivity contribution in [3.63, 3.8) is 0 Å². The molecule has 0 aliphatic carbocycles. The Morgan fingerprint density at radius 2 is 1.75 bits per heavy atom. The molecule has 2 aromatic heterocycles. The van der Waals surface area contributed by atoms with Gasteiger partial charge in [-0.3, -0.25) is 0 Å². The summed E-state index contributed by atoms with van der Waals surface area (Å²) >= 11 is 0. The quantitative estimate of drug-likeness (QED) is 0.347. The number of rotatable bonds is 1. The molecule has 0 saturated heterocycles. The van der Waals surface area contributed by atoms with Crippen LogP contribution in [0.15, 0.2) is 53.0 Å². The highest BCUT2D eigenvalue weighted by molar-refractivity contribution is 6.13. The van der Waals surface area contributed by atoms with Crippen LogP contribution >= 0.6 is 0 Å². The Balaban J connectivity index is 2.23. The van der Waals surface area contributed by atoms with E-state index in [1.165, 1.54) is 4.57 Å². The van der Waals surface area contributed by atoms with Crippen molar-refractivity contribution in [1.82, 2.24) is 0 Å². The largest absolute Gasteiger partial charge is 0.466 e. The highest BCUT2D eigenvalue weighted by Crippen LogP contribution is 2.41. The second-order valence-electron chi connectivity index (χ2n) is 5.85. The first-order valence-corrected chi connectivity index (χ1v) is 7.57. The molecule has 0 unspecified atom stereocenters. The fourth-order valence-electron chi connectivity index (χ4n) is 3.09. The van der Waals surface area contributed by atoms with Crippen molar-refractivity contribution in [2.24, 2.45) is 7.05 Å². The van der Waals surface area contributed by atoms with E-state index in [4.69, 9.17) is 16.5 Å². The van der Waals surface area contributed by atoms with Gasteiger partial charge >= 0.3 is 0 Å². The molecule has 116 valence electrons. The van der Waals surface area contributed by atoms with Crippen molar-refractivity contribution in [2.45, 2.75) is 13.8 Å². The molecule has 0 fully saturated rings. The lowest BCUT2D eigenvalue weighted by atomic mass is 10.0. The lowest BCUT2D eigenvalue weighted by molar-refractivity contribution is -0.660. The SMILES string of the molecule is [2H]c1c([2H])c([2H])[n+](C)c(-c2c(C)ccc3c2oc2c([N+]#[C-])c(C)ccc23)c1[2H]. The van der Waals surface area contributed by atoms with Gasteiger partial charge in [-0.05, 0) is 31.0 Å². The second-order valence-corrected chi connectivity index (χ2v) is 5.85. The van der Waals surface area contributed by atoms with E-state index < -0.39 is 0 Å². The Labute approximate surface area is 146 Å². The van der Waals surface area contributed by atoms with Crippen LogP contribution in [0.5, 0.6) is 0 Å². The average molecular weight is 317 g/mol. The number of nitrogens with zero attached hydrogens (tertiary/aromatic N) is 2. The zero-order valence-corrected chi connectivity index (χ0v) is 13.6. The molecule has 0 saturated carbocycles. The van der Waals surface area contributed by atoms with Gasteiger partial charge < -0.3 is 4.42 Å². The van der Waals surface area contributed by atoms with Gasteiger partial charge in [-0.15, -0.1) is 0 Å². The van der Waals surface area contributed by atoms with Gasteiger partial charge in [0.1, 0.15) is 19.6 Å². The Morgan fingerprint density at radius 1 is 1.04 bits per heavy atom. The zero-order chi connectivity index (χ0) is 20.3. The van der Waals surface area contributed by atoms with Gasteiger partial charge in [-0.2, -0.15) is 0 Å². The first-order chi connectivity index (χ1) is 13.3. The van der Waals surface area contributed by atoms with E-state index in [0.717, 1.165) is 21.9 Å². The third-order valence-electron chi connectivity index (χ3n) is 4.34. The maximum atomic E-state index is 8.43. The molecule has 0 N–H and O–H groups in total. The number of aromatic nitrogens is 1. The molecule has 0 bridgehead atoms. The van der Waals surface area contributed by atoms with Gasteiger partial charge in [0.2, 0.25) is 11.4 Å². The smallest absolute Gasteiger partial charge is 0.232 e. The van der Waals surface area contributed by atoms with Crippen LogP contribution in [-0.4, -0.2) is 0 Å². The molecule has 0 aliphatic rings. The highest BCUT2D eigenvalue weighted by atomic mass is 16.3. The molecule has 2 aromatic carbocycles. The number of hydrogen-bond donors (Lipinski definition) is 0. The second kappa shape index (κ2) is 5.21. The van der Waals surface area contributed by atoms with Crippen LogP contribution in [0.25, 0.3) is 38.0 Å². The van der Waals surface area contributed by atoms with Crippen molar-refractivity contribution in [2.75, 3.05) is 0 Å². The standard InChI is InChI=1S/C21H17N2O/c1-13-8-10-15-16-11-9-14(2)19(22-3)21(16)24-20(15)18(13)17-7-5-6-12-23(17)4/h5-12H,1-2,4H3/q+1/i5D,6D,7D,12D. The molecule has 0 atom stereocenters. The fraction of sp³-hybridized carbons (Fsp3) is 0.143. The monoisotopic (exact) mass is 317 g/mol. The molecular weight excluding hydrogens is 296 g/mol. The van der Waals surface area contributed by atoms with E-state index in [2.05, 4.69) is 4.85 Å². The summed E-state index contributed by atoms with van der Waals surface area (Å²) in [5, 5.41) is 1.63. The molecule has 0 spiro atoms. The Kier molecular flexibility index (Phi) is 2.30. The minimum absolute atomic E-state index is 0.124. The third-order valence-corrected chi connectivity index (χ3v) is 4.34. The molecule has 4 aromatic rings. The topological polar surface area (TPSA) is 21.4 Å². The van der Waals surface area contributed by atoms with Crippen LogP contribution in [0.3, 0.4) is 0 Å². The minimum Gasteiger partial charge on any atom is -0.466 e. The van der Waals surface area contributed by atoms with Crippen LogP contribution in [0, 0.1) is 20.4 Å². The molecule has 0 aliphatic heterocycles. The minimum atomic E-state index is -0.289. The van der Waals surface area contributed by atoms with Crippen molar-refractivity contribution >= 4 is 27.6 Å². The van der Waals surface area contributed by atoms with Crippen molar-refractivity contribution in [3.05, 3.63) is 71.1 Å². The van der Waals surface area contributed by atoms with Gasteiger partial charge in [-0.25, -0.2) is 9.41 Å². The van der Waals surface area contributed by atoms with Crippen molar-refractivity contribution < 1.29 is 14.5 Å². The number of pyridine rings is 1. The van der Waals surface area contributed by atoms with Gasteiger partial charge in [-0.1, -0.05) is 24.3 Å². The van der Waals surface area contributed by atoms with E-state index >= 15 is 0 Å². The van der Waals surface area contributed by atoms with Gasteiger partial charge in [0.05, 0.1) is 16.2 Å². The van der Waals surface area contributed by atoms with E-state index in [1.54, 1.807) is 7.05 Å². The van der Waals surface area contributed by atoms with E-state index in [1.807, 2.05) is 38.1 Å². The first-order valence-electron chi connectivity index (χ1n) is 9.57. The van der Waals surface area contributed by atoms with Gasteiger partial charge in [0.25, 0.3) is 0 Å². The van der Waals surface area contributed by atoms with Crippen LogP contribution in [0.1, 0.15) is 16.6 Å². The molecule has 0 radical (unpaired) electrons. The van der Waals surface area contributed by atoms with Gasteiger partial charge in [0.15, 0.2) is 6.17 Å². The van der Waals surface area contributed by atoms with Gasteiger partial charge in [0, 0.05) is 22.9 Å². The summed E-state index contributed by atoms with van der Waals surface area (Å²) in [6.45, 7) is 11.2. The number of fused-ring (bicyclic) bond motifs is 3. The molecule has 0 amide bonds. The summed E-state index contributed by atoms with van der Waals surface area (Å²) in [4.78, 5) is 3.62. The predicted octanol–water partition coefficient (Wildman–Crippen LogP) is 5.25. The lowest BCUT2D eigenvalue weighted by Gasteiger charge is -2.05. The van der Waals surface area contributed by atoms with Crippen molar-refractivity contribution in [3.8, 4) is 11.3 Å². The van der Waals surface area contributed by atoms with E-state index in [-0.39, 0.29) is 24.3 Å². The summed E-state index contributed by atoms with van der Waals surface area (Å²) in [5.41, 5.74) is 4.09. The Bertz CT molecular complexity index is 1320.